The van der Waals surface area contributed by atoms with Gasteiger partial charge in [-0.15, -0.1) is 0 Å². The average Bonchev–Trinajstić information content (AvgIpc) is 2.47. The molecule has 1 heterocycles. The number of carbonyl (C=O) groups is 1. The van der Waals surface area contributed by atoms with Crippen molar-refractivity contribution in [3.05, 3.63) is 17.5 Å². The highest BCUT2D eigenvalue weighted by molar-refractivity contribution is 5.96. The zero-order valence-electron chi connectivity index (χ0n) is 7.13. The molecule has 3 N–H and O–H groups in total. The van der Waals surface area contributed by atoms with Crippen molar-refractivity contribution >= 4 is 11.7 Å². The van der Waals surface area contributed by atoms with Crippen LogP contribution in [0.2, 0.25) is 0 Å². The number of carbonyl (C=O) groups excluding carboxylic acids is 1. The molecule has 0 aliphatic heterocycles. The number of aromatic amines is 1. The summed E-state index contributed by atoms with van der Waals surface area (Å²) in [4.78, 5) is 13.7. The highest BCUT2D eigenvalue weighted by atomic mass is 16.5. The van der Waals surface area contributed by atoms with E-state index in [1.807, 2.05) is 6.07 Å². The molecule has 0 saturated carbocycles. The van der Waals surface area contributed by atoms with Crippen LogP contribution >= 0.6 is 0 Å². The van der Waals surface area contributed by atoms with E-state index >= 15 is 0 Å². The number of aromatic nitrogens is 1. The summed E-state index contributed by atoms with van der Waals surface area (Å²) in [5.74, 6) is -0.516. The summed E-state index contributed by atoms with van der Waals surface area (Å²) in [7, 11) is 0. The summed E-state index contributed by atoms with van der Waals surface area (Å²) >= 11 is 0. The third-order valence-corrected chi connectivity index (χ3v) is 1.53. The molecule has 0 spiro atoms. The van der Waals surface area contributed by atoms with Crippen LogP contribution < -0.4 is 5.73 Å². The van der Waals surface area contributed by atoms with Gasteiger partial charge >= 0.3 is 5.97 Å². The number of esters is 1. The van der Waals surface area contributed by atoms with Gasteiger partial charge in [-0.3, -0.25) is 0 Å². The van der Waals surface area contributed by atoms with E-state index in [1.54, 1.807) is 6.92 Å². The van der Waals surface area contributed by atoms with Crippen LogP contribution in [0.5, 0.6) is 0 Å². The lowest BCUT2D eigenvalue weighted by Crippen LogP contribution is -2.06. The van der Waals surface area contributed by atoms with Crippen molar-refractivity contribution < 1.29 is 9.53 Å². The molecule has 0 fully saturated rings. The summed E-state index contributed by atoms with van der Waals surface area (Å²) in [5.41, 5.74) is 6.02. The largest absolute Gasteiger partial charge is 0.462 e. The fourth-order valence-electron chi connectivity index (χ4n) is 0.905. The predicted octanol–water partition coefficient (Wildman–Crippen LogP) is 0.645. The number of nitrogens with one attached hydrogen (secondary N) is 1. The first-order valence-corrected chi connectivity index (χ1v) is 3.74. The second-order valence-corrected chi connectivity index (χ2v) is 2.32. The summed E-state index contributed by atoms with van der Waals surface area (Å²) in [6.07, 6.45) is 1.37. The minimum Gasteiger partial charge on any atom is -0.462 e. The van der Waals surface area contributed by atoms with E-state index in [0.29, 0.717) is 0 Å². The van der Waals surface area contributed by atoms with Crippen molar-refractivity contribution in [2.24, 2.45) is 0 Å². The van der Waals surface area contributed by atoms with E-state index in [9.17, 15) is 4.79 Å². The number of nitriles is 1. The van der Waals surface area contributed by atoms with Gasteiger partial charge in [-0.2, -0.15) is 5.26 Å². The normalized spacial score (nSPS) is 9.23. The van der Waals surface area contributed by atoms with Crippen LogP contribution in [0.4, 0.5) is 5.69 Å². The van der Waals surface area contributed by atoms with Crippen LogP contribution in [-0.4, -0.2) is 17.6 Å². The number of nitrogens with zero attached hydrogens (tertiary/aromatic N) is 1. The third-order valence-electron chi connectivity index (χ3n) is 1.53. The maximum absolute atomic E-state index is 11.2. The van der Waals surface area contributed by atoms with Crippen LogP contribution in [-0.2, 0) is 4.74 Å². The number of anilines is 1. The Morgan fingerprint density at radius 3 is 3.00 bits per heavy atom. The van der Waals surface area contributed by atoms with Crippen LogP contribution in [0.3, 0.4) is 0 Å². The number of rotatable bonds is 2. The number of nitrogen functional groups attached to an aromatic ring is 1. The van der Waals surface area contributed by atoms with Gasteiger partial charge in [-0.05, 0) is 6.92 Å². The molecule has 0 unspecified atom stereocenters. The van der Waals surface area contributed by atoms with Gasteiger partial charge in [0, 0.05) is 6.20 Å². The van der Waals surface area contributed by atoms with Crippen LogP contribution in [0, 0.1) is 11.3 Å². The first kappa shape index (κ1) is 9.13. The van der Waals surface area contributed by atoms with Gasteiger partial charge in [0.05, 0.1) is 12.3 Å². The molecule has 0 radical (unpaired) electrons. The number of hydrogen-bond donors (Lipinski definition) is 2. The molecule has 68 valence electrons. The maximum atomic E-state index is 11.2. The van der Waals surface area contributed by atoms with Gasteiger partial charge in [-0.1, -0.05) is 0 Å². The Labute approximate surface area is 75.1 Å². The number of ether oxygens (including phenoxy) is 1. The zero-order chi connectivity index (χ0) is 9.84. The van der Waals surface area contributed by atoms with Gasteiger partial charge < -0.3 is 15.5 Å². The van der Waals surface area contributed by atoms with Crippen LogP contribution in [0.25, 0.3) is 0 Å². The lowest BCUT2D eigenvalue weighted by molar-refractivity contribution is 0.0528. The summed E-state index contributed by atoms with van der Waals surface area (Å²) in [5, 5.41) is 8.53. The Morgan fingerprint density at radius 2 is 2.54 bits per heavy atom. The Hall–Kier alpha value is -1.96. The molecule has 0 amide bonds. The Bertz CT molecular complexity index is 362. The number of nitrogens with two attached hydrogens (primary N) is 1. The van der Waals surface area contributed by atoms with Crippen molar-refractivity contribution in [1.82, 2.24) is 4.98 Å². The molecule has 5 nitrogen and oxygen atoms in total. The quantitative estimate of drug-likeness (QED) is 0.652. The van der Waals surface area contributed by atoms with E-state index in [4.69, 9.17) is 15.7 Å². The average molecular weight is 179 g/mol. The van der Waals surface area contributed by atoms with E-state index in [1.165, 1.54) is 6.20 Å². The minimum atomic E-state index is -0.516. The molecule has 5 heteroatoms. The summed E-state index contributed by atoms with van der Waals surface area (Å²) in [6.45, 7) is 1.98. The second-order valence-electron chi connectivity index (χ2n) is 2.32. The molecular formula is C8H9N3O2. The standard InChI is InChI=1S/C8H9N3O2/c1-2-13-8(12)5-4-11-6(3-9)7(5)10/h4,11H,2,10H2,1H3. The van der Waals surface area contributed by atoms with Gasteiger partial charge in [0.15, 0.2) is 0 Å². The van der Waals surface area contributed by atoms with E-state index in [0.717, 1.165) is 0 Å². The smallest absolute Gasteiger partial charge is 0.341 e. The predicted molar refractivity (Wildman–Crippen MR) is 45.9 cm³/mol. The molecule has 1 rings (SSSR count). The van der Waals surface area contributed by atoms with Gasteiger partial charge in [0.25, 0.3) is 0 Å². The fourth-order valence-corrected chi connectivity index (χ4v) is 0.905. The van der Waals surface area contributed by atoms with E-state index < -0.39 is 5.97 Å². The molecular weight excluding hydrogens is 170 g/mol. The Kier molecular flexibility index (Phi) is 2.55. The molecule has 1 aromatic heterocycles. The topological polar surface area (TPSA) is 91.9 Å². The molecule has 0 aliphatic rings. The van der Waals surface area contributed by atoms with Gasteiger partial charge in [-0.25, -0.2) is 4.79 Å². The second kappa shape index (κ2) is 3.63. The highest BCUT2D eigenvalue weighted by Gasteiger charge is 2.15. The van der Waals surface area contributed by atoms with Crippen molar-refractivity contribution in [3.8, 4) is 6.07 Å². The summed E-state index contributed by atoms with van der Waals surface area (Å²) in [6, 6.07) is 1.82. The lowest BCUT2D eigenvalue weighted by Gasteiger charge is -1.98. The molecule has 13 heavy (non-hydrogen) atoms. The van der Waals surface area contributed by atoms with Gasteiger partial charge in [0.1, 0.15) is 17.3 Å². The molecule has 0 aliphatic carbocycles. The van der Waals surface area contributed by atoms with Crippen molar-refractivity contribution in [2.45, 2.75) is 6.92 Å². The molecule has 0 atom stereocenters. The SMILES string of the molecule is CCOC(=O)c1c[nH]c(C#N)c1N. The van der Waals surface area contributed by atoms with E-state index in [2.05, 4.69) is 4.98 Å². The number of hydrogen-bond acceptors (Lipinski definition) is 4. The summed E-state index contributed by atoms with van der Waals surface area (Å²) < 4.78 is 4.72. The Morgan fingerprint density at radius 1 is 1.85 bits per heavy atom. The zero-order valence-corrected chi connectivity index (χ0v) is 7.13. The first-order valence-electron chi connectivity index (χ1n) is 3.74. The van der Waals surface area contributed by atoms with E-state index in [-0.39, 0.29) is 23.6 Å². The molecule has 0 aromatic carbocycles. The minimum absolute atomic E-state index is 0.140. The lowest BCUT2D eigenvalue weighted by atomic mass is 10.2. The Balaban J connectivity index is 2.97. The maximum Gasteiger partial charge on any atom is 0.341 e. The van der Waals surface area contributed by atoms with Crippen molar-refractivity contribution in [1.29, 1.82) is 5.26 Å². The van der Waals surface area contributed by atoms with Gasteiger partial charge in [0.2, 0.25) is 0 Å². The third kappa shape index (κ3) is 1.62. The van der Waals surface area contributed by atoms with Crippen LogP contribution in [0.15, 0.2) is 6.20 Å². The fraction of sp³-hybridized carbons (Fsp3) is 0.250. The molecule has 0 saturated heterocycles. The number of H-pyrrole nitrogens is 1. The van der Waals surface area contributed by atoms with Crippen molar-refractivity contribution in [2.75, 3.05) is 12.3 Å². The monoisotopic (exact) mass is 179 g/mol. The molecule has 0 bridgehead atoms. The first-order chi connectivity index (χ1) is 6.20. The molecule has 1 aromatic rings. The van der Waals surface area contributed by atoms with Crippen molar-refractivity contribution in [3.63, 3.8) is 0 Å². The highest BCUT2D eigenvalue weighted by Crippen LogP contribution is 2.16. The van der Waals surface area contributed by atoms with Crippen LogP contribution in [0.1, 0.15) is 23.0 Å².